The van der Waals surface area contributed by atoms with Crippen LogP contribution in [0, 0.1) is 5.41 Å². The molecule has 0 spiro atoms. The van der Waals surface area contributed by atoms with Crippen molar-refractivity contribution in [2.45, 2.75) is 66.2 Å². The molecule has 2 heteroatoms. The number of rotatable bonds is 12. The molecule has 0 amide bonds. The fraction of sp³-hybridized carbons (Fsp3) is 1.00. The van der Waals surface area contributed by atoms with Crippen LogP contribution in [0.5, 0.6) is 0 Å². The average Bonchev–Trinajstić information content (AvgIpc) is 2.34. The third-order valence-corrected chi connectivity index (χ3v) is 3.32. The molecule has 0 aliphatic carbocycles. The molecule has 0 saturated heterocycles. The fourth-order valence-corrected chi connectivity index (χ4v) is 2.37. The van der Waals surface area contributed by atoms with Crippen LogP contribution in [0.4, 0.5) is 0 Å². The summed E-state index contributed by atoms with van der Waals surface area (Å²) in [6, 6.07) is 0. The summed E-state index contributed by atoms with van der Waals surface area (Å²) in [5.74, 6) is 0. The van der Waals surface area contributed by atoms with Crippen LogP contribution in [0.1, 0.15) is 66.2 Å². The van der Waals surface area contributed by atoms with Crippen LogP contribution in [0.15, 0.2) is 0 Å². The summed E-state index contributed by atoms with van der Waals surface area (Å²) in [6.07, 6.45) is 7.59. The predicted octanol–water partition coefficient (Wildman–Crippen LogP) is 4.43. The van der Waals surface area contributed by atoms with Gasteiger partial charge in [-0.05, 0) is 26.7 Å². The molecule has 0 saturated carbocycles. The molecule has 0 heterocycles. The molecule has 2 nitrogen and oxygen atoms in total. The summed E-state index contributed by atoms with van der Waals surface area (Å²) >= 11 is 0. The van der Waals surface area contributed by atoms with Gasteiger partial charge >= 0.3 is 0 Å². The molecule has 0 N–H and O–H groups in total. The van der Waals surface area contributed by atoms with Crippen LogP contribution >= 0.6 is 0 Å². The first kappa shape index (κ1) is 16.9. The SMILES string of the molecule is CCCCCC(CCC)(COCC)COCC. The predicted molar refractivity (Wildman–Crippen MR) is 74.5 cm³/mol. The van der Waals surface area contributed by atoms with E-state index in [1.807, 2.05) is 0 Å². The first-order valence-electron chi connectivity index (χ1n) is 7.40. The monoisotopic (exact) mass is 244 g/mol. The molecule has 0 aliphatic heterocycles. The Kier molecular flexibility index (Phi) is 11.0. The summed E-state index contributed by atoms with van der Waals surface area (Å²) in [5, 5.41) is 0. The van der Waals surface area contributed by atoms with Gasteiger partial charge in [-0.15, -0.1) is 0 Å². The standard InChI is InChI=1S/C15H32O2/c1-5-9-10-12-15(11-6-2,13-16-7-3)14-17-8-4/h5-14H2,1-4H3. The van der Waals surface area contributed by atoms with E-state index in [9.17, 15) is 0 Å². The Morgan fingerprint density at radius 3 is 1.71 bits per heavy atom. The molecule has 0 atom stereocenters. The molecule has 0 unspecified atom stereocenters. The highest BCUT2D eigenvalue weighted by atomic mass is 16.5. The third kappa shape index (κ3) is 7.77. The molecule has 0 aliphatic rings. The van der Waals surface area contributed by atoms with Crippen LogP contribution in [-0.2, 0) is 9.47 Å². The van der Waals surface area contributed by atoms with Crippen LogP contribution < -0.4 is 0 Å². The van der Waals surface area contributed by atoms with E-state index in [0.717, 1.165) is 26.4 Å². The molecule has 104 valence electrons. The van der Waals surface area contributed by atoms with Crippen LogP contribution in [-0.4, -0.2) is 26.4 Å². The molecule has 0 bridgehead atoms. The number of hydrogen-bond acceptors (Lipinski definition) is 2. The van der Waals surface area contributed by atoms with Gasteiger partial charge in [-0.3, -0.25) is 0 Å². The Balaban J connectivity index is 4.32. The van der Waals surface area contributed by atoms with E-state index in [-0.39, 0.29) is 5.41 Å². The minimum absolute atomic E-state index is 0.260. The Morgan fingerprint density at radius 1 is 0.706 bits per heavy atom. The lowest BCUT2D eigenvalue weighted by Gasteiger charge is -2.33. The summed E-state index contributed by atoms with van der Waals surface area (Å²) in [5.41, 5.74) is 0.260. The summed E-state index contributed by atoms with van der Waals surface area (Å²) in [7, 11) is 0. The van der Waals surface area contributed by atoms with E-state index in [1.54, 1.807) is 0 Å². The molecule has 0 aromatic carbocycles. The van der Waals surface area contributed by atoms with Crippen LogP contribution in [0.2, 0.25) is 0 Å². The van der Waals surface area contributed by atoms with Crippen LogP contribution in [0.3, 0.4) is 0 Å². The zero-order valence-corrected chi connectivity index (χ0v) is 12.4. The van der Waals surface area contributed by atoms with Gasteiger partial charge in [0.1, 0.15) is 0 Å². The number of unbranched alkanes of at least 4 members (excludes halogenated alkanes) is 2. The fourth-order valence-electron chi connectivity index (χ4n) is 2.37. The molecule has 17 heavy (non-hydrogen) atoms. The molecule has 0 fully saturated rings. The smallest absolute Gasteiger partial charge is 0.0544 e. The quantitative estimate of drug-likeness (QED) is 0.473. The van der Waals surface area contributed by atoms with Gasteiger partial charge in [0.15, 0.2) is 0 Å². The average molecular weight is 244 g/mol. The second-order valence-corrected chi connectivity index (χ2v) is 4.98. The molecule has 0 aromatic heterocycles. The lowest BCUT2D eigenvalue weighted by Crippen LogP contribution is -2.32. The van der Waals surface area contributed by atoms with Gasteiger partial charge < -0.3 is 9.47 Å². The Bertz CT molecular complexity index is 149. The van der Waals surface area contributed by atoms with Gasteiger partial charge in [0, 0.05) is 18.6 Å². The minimum atomic E-state index is 0.260. The maximum Gasteiger partial charge on any atom is 0.0544 e. The van der Waals surface area contributed by atoms with Crippen molar-refractivity contribution in [3.8, 4) is 0 Å². The Hall–Kier alpha value is -0.0800. The normalized spacial score (nSPS) is 12.0. The molecule has 0 radical (unpaired) electrons. The second-order valence-electron chi connectivity index (χ2n) is 4.98. The zero-order chi connectivity index (χ0) is 13.0. The van der Waals surface area contributed by atoms with Gasteiger partial charge in [-0.1, -0.05) is 39.5 Å². The van der Waals surface area contributed by atoms with Crippen molar-refractivity contribution < 1.29 is 9.47 Å². The maximum atomic E-state index is 5.70. The minimum Gasteiger partial charge on any atom is -0.381 e. The first-order chi connectivity index (χ1) is 8.24. The molecular formula is C15H32O2. The van der Waals surface area contributed by atoms with Crippen molar-refractivity contribution in [2.75, 3.05) is 26.4 Å². The van der Waals surface area contributed by atoms with E-state index in [1.165, 1.54) is 38.5 Å². The van der Waals surface area contributed by atoms with Crippen LogP contribution in [0.25, 0.3) is 0 Å². The lowest BCUT2D eigenvalue weighted by atomic mass is 9.80. The van der Waals surface area contributed by atoms with Crippen molar-refractivity contribution in [1.82, 2.24) is 0 Å². The van der Waals surface area contributed by atoms with Gasteiger partial charge in [0.2, 0.25) is 0 Å². The van der Waals surface area contributed by atoms with Crippen molar-refractivity contribution in [1.29, 1.82) is 0 Å². The van der Waals surface area contributed by atoms with Crippen molar-refractivity contribution in [2.24, 2.45) is 5.41 Å². The maximum absolute atomic E-state index is 5.70. The first-order valence-corrected chi connectivity index (χ1v) is 7.40. The molecular weight excluding hydrogens is 212 g/mol. The van der Waals surface area contributed by atoms with Gasteiger partial charge in [-0.25, -0.2) is 0 Å². The summed E-state index contributed by atoms with van der Waals surface area (Å²) in [6.45, 7) is 12.0. The van der Waals surface area contributed by atoms with Crippen molar-refractivity contribution >= 4 is 0 Å². The highest BCUT2D eigenvalue weighted by Crippen LogP contribution is 2.31. The highest BCUT2D eigenvalue weighted by Gasteiger charge is 2.29. The summed E-state index contributed by atoms with van der Waals surface area (Å²) < 4.78 is 11.4. The lowest BCUT2D eigenvalue weighted by molar-refractivity contribution is -0.0281. The summed E-state index contributed by atoms with van der Waals surface area (Å²) in [4.78, 5) is 0. The number of hydrogen-bond donors (Lipinski definition) is 0. The molecule has 0 rings (SSSR count). The van der Waals surface area contributed by atoms with E-state index in [4.69, 9.17) is 9.47 Å². The Morgan fingerprint density at radius 2 is 1.29 bits per heavy atom. The third-order valence-electron chi connectivity index (χ3n) is 3.32. The second kappa shape index (κ2) is 11.0. The number of ether oxygens (including phenoxy) is 2. The van der Waals surface area contributed by atoms with E-state index >= 15 is 0 Å². The van der Waals surface area contributed by atoms with Gasteiger partial charge in [0.05, 0.1) is 13.2 Å². The van der Waals surface area contributed by atoms with Gasteiger partial charge in [0.25, 0.3) is 0 Å². The largest absolute Gasteiger partial charge is 0.381 e. The molecule has 0 aromatic rings. The van der Waals surface area contributed by atoms with E-state index in [0.29, 0.717) is 0 Å². The van der Waals surface area contributed by atoms with E-state index < -0.39 is 0 Å². The van der Waals surface area contributed by atoms with Gasteiger partial charge in [-0.2, -0.15) is 0 Å². The van der Waals surface area contributed by atoms with Crippen molar-refractivity contribution in [3.63, 3.8) is 0 Å². The zero-order valence-electron chi connectivity index (χ0n) is 12.4. The topological polar surface area (TPSA) is 18.5 Å². The van der Waals surface area contributed by atoms with Crippen molar-refractivity contribution in [3.05, 3.63) is 0 Å². The van der Waals surface area contributed by atoms with E-state index in [2.05, 4.69) is 27.7 Å². The Labute approximate surface area is 108 Å². The highest BCUT2D eigenvalue weighted by molar-refractivity contribution is 4.79.